The Kier molecular flexibility index (Phi) is 1.84. The van der Waals surface area contributed by atoms with Gasteiger partial charge in [-0.25, -0.2) is 0 Å². The Hall–Kier alpha value is -1.38. The first kappa shape index (κ1) is 9.19. The van der Waals surface area contributed by atoms with E-state index in [0.717, 1.165) is 6.08 Å². The van der Waals surface area contributed by atoms with Crippen molar-refractivity contribution in [2.45, 2.75) is 19.8 Å². The first-order valence-corrected chi connectivity index (χ1v) is 4.70. The summed E-state index contributed by atoms with van der Waals surface area (Å²) in [6.07, 6.45) is 6.03. The summed E-state index contributed by atoms with van der Waals surface area (Å²) in [5, 5.41) is 9.32. The Labute approximate surface area is 82.1 Å². The highest BCUT2D eigenvalue weighted by Crippen LogP contribution is 2.43. The van der Waals surface area contributed by atoms with Crippen LogP contribution in [0.1, 0.15) is 19.8 Å². The van der Waals surface area contributed by atoms with Gasteiger partial charge in [-0.2, -0.15) is 0 Å². The molecule has 0 aromatic heterocycles. The lowest BCUT2D eigenvalue weighted by Crippen LogP contribution is -2.44. The maximum Gasteiger partial charge on any atom is 0.204 e. The molecule has 0 aromatic rings. The molecular formula is C11H12O3. The molecule has 14 heavy (non-hydrogen) atoms. The van der Waals surface area contributed by atoms with Crippen LogP contribution in [0.25, 0.3) is 0 Å². The lowest BCUT2D eigenvalue weighted by atomic mass is 9.63. The van der Waals surface area contributed by atoms with Crippen molar-refractivity contribution in [1.29, 1.82) is 0 Å². The maximum atomic E-state index is 11.7. The fourth-order valence-electron chi connectivity index (χ4n) is 2.24. The smallest absolute Gasteiger partial charge is 0.204 e. The van der Waals surface area contributed by atoms with E-state index >= 15 is 0 Å². The van der Waals surface area contributed by atoms with E-state index in [0.29, 0.717) is 12.8 Å². The Morgan fingerprint density at radius 3 is 2.86 bits per heavy atom. The second-order valence-corrected chi connectivity index (χ2v) is 4.14. The monoisotopic (exact) mass is 192 g/mol. The summed E-state index contributed by atoms with van der Waals surface area (Å²) in [4.78, 5) is 23.3. The van der Waals surface area contributed by atoms with Gasteiger partial charge < -0.3 is 5.11 Å². The van der Waals surface area contributed by atoms with E-state index < -0.39 is 5.41 Å². The molecule has 0 fully saturated rings. The van der Waals surface area contributed by atoms with Crippen LogP contribution in [-0.2, 0) is 9.59 Å². The molecule has 2 rings (SSSR count). The third-order valence-electron chi connectivity index (χ3n) is 3.22. The molecule has 0 aromatic carbocycles. The van der Waals surface area contributed by atoms with E-state index in [2.05, 4.69) is 0 Å². The molecule has 0 unspecified atom stereocenters. The van der Waals surface area contributed by atoms with Crippen molar-refractivity contribution in [2.24, 2.45) is 11.3 Å². The molecule has 0 bridgehead atoms. The van der Waals surface area contributed by atoms with Gasteiger partial charge in [-0.15, -0.1) is 0 Å². The molecule has 0 aliphatic heterocycles. The SMILES string of the molecule is C[C@@]12CC=CC[C@H]1C(=O)C=C(O)C2=O. The van der Waals surface area contributed by atoms with Gasteiger partial charge in [0.25, 0.3) is 0 Å². The minimum Gasteiger partial charge on any atom is -0.504 e. The van der Waals surface area contributed by atoms with Gasteiger partial charge in [-0.05, 0) is 12.8 Å². The minimum absolute atomic E-state index is 0.131. The van der Waals surface area contributed by atoms with Crippen LogP contribution in [0.15, 0.2) is 24.0 Å². The molecule has 0 saturated carbocycles. The fraction of sp³-hybridized carbons (Fsp3) is 0.455. The maximum absolute atomic E-state index is 11.7. The number of hydrogen-bond donors (Lipinski definition) is 1. The van der Waals surface area contributed by atoms with Gasteiger partial charge in [0, 0.05) is 17.4 Å². The highest BCUT2D eigenvalue weighted by atomic mass is 16.3. The molecule has 2 atom stereocenters. The number of allylic oxidation sites excluding steroid dienone is 4. The summed E-state index contributed by atoms with van der Waals surface area (Å²) in [7, 11) is 0. The topological polar surface area (TPSA) is 54.4 Å². The lowest BCUT2D eigenvalue weighted by molar-refractivity contribution is -0.138. The van der Waals surface area contributed by atoms with Crippen LogP contribution in [-0.4, -0.2) is 16.7 Å². The first-order valence-electron chi connectivity index (χ1n) is 4.70. The number of aliphatic hydroxyl groups excluding tert-OH is 1. The number of Topliss-reactive ketones (excluding diaryl/α,β-unsaturated/α-hetero) is 1. The van der Waals surface area contributed by atoms with Crippen molar-refractivity contribution < 1.29 is 14.7 Å². The van der Waals surface area contributed by atoms with Gasteiger partial charge >= 0.3 is 0 Å². The van der Waals surface area contributed by atoms with Crippen LogP contribution >= 0.6 is 0 Å². The largest absolute Gasteiger partial charge is 0.504 e. The lowest BCUT2D eigenvalue weighted by Gasteiger charge is -2.38. The van der Waals surface area contributed by atoms with Crippen LogP contribution in [0.5, 0.6) is 0 Å². The normalized spacial score (nSPS) is 36.6. The molecule has 1 N–H and O–H groups in total. The predicted octanol–water partition coefficient (Wildman–Crippen LogP) is 1.55. The summed E-state index contributed by atoms with van der Waals surface area (Å²) in [5.74, 6) is -1.10. The second-order valence-electron chi connectivity index (χ2n) is 4.14. The summed E-state index contributed by atoms with van der Waals surface area (Å²) in [6, 6.07) is 0. The van der Waals surface area contributed by atoms with Gasteiger partial charge in [0.05, 0.1) is 0 Å². The van der Waals surface area contributed by atoms with Gasteiger partial charge in [-0.1, -0.05) is 19.1 Å². The van der Waals surface area contributed by atoms with Gasteiger partial charge in [0.15, 0.2) is 11.5 Å². The molecule has 3 nitrogen and oxygen atoms in total. The Bertz CT molecular complexity index is 365. The number of aliphatic hydroxyl groups is 1. The number of hydrogen-bond acceptors (Lipinski definition) is 3. The number of carbonyl (C=O) groups is 2. The molecule has 74 valence electrons. The van der Waals surface area contributed by atoms with Crippen LogP contribution in [0, 0.1) is 11.3 Å². The van der Waals surface area contributed by atoms with E-state index in [1.807, 2.05) is 12.2 Å². The zero-order chi connectivity index (χ0) is 10.3. The zero-order valence-corrected chi connectivity index (χ0v) is 7.99. The summed E-state index contributed by atoms with van der Waals surface area (Å²) >= 11 is 0. The molecule has 0 saturated heterocycles. The van der Waals surface area contributed by atoms with Gasteiger partial charge in [0.1, 0.15) is 0 Å². The third kappa shape index (κ3) is 1.05. The van der Waals surface area contributed by atoms with Crippen molar-refractivity contribution in [3.8, 4) is 0 Å². The molecule has 0 radical (unpaired) electrons. The molecule has 0 heterocycles. The molecule has 2 aliphatic rings. The Balaban J connectivity index is 2.50. The van der Waals surface area contributed by atoms with E-state index in [-0.39, 0.29) is 23.2 Å². The highest BCUT2D eigenvalue weighted by Gasteiger charge is 2.48. The minimum atomic E-state index is -0.718. The summed E-state index contributed by atoms with van der Waals surface area (Å²) < 4.78 is 0. The van der Waals surface area contributed by atoms with Crippen molar-refractivity contribution in [3.05, 3.63) is 24.0 Å². The highest BCUT2D eigenvalue weighted by molar-refractivity contribution is 6.11. The average molecular weight is 192 g/mol. The standard InChI is InChI=1S/C11H12O3/c1-11-5-3-2-4-7(11)8(12)6-9(13)10(11)14/h2-3,6-7,13H,4-5H2,1H3/t7-,11+/m0/s1. The molecule has 3 heteroatoms. The number of fused-ring (bicyclic) bond motifs is 1. The predicted molar refractivity (Wildman–Crippen MR) is 50.7 cm³/mol. The van der Waals surface area contributed by atoms with Gasteiger partial charge in [0.2, 0.25) is 5.78 Å². The van der Waals surface area contributed by atoms with Crippen LogP contribution in [0.4, 0.5) is 0 Å². The first-order chi connectivity index (χ1) is 6.55. The quantitative estimate of drug-likeness (QED) is 0.592. The second kappa shape index (κ2) is 2.80. The Morgan fingerprint density at radius 2 is 2.14 bits per heavy atom. The van der Waals surface area contributed by atoms with Crippen LogP contribution < -0.4 is 0 Å². The zero-order valence-electron chi connectivity index (χ0n) is 7.99. The third-order valence-corrected chi connectivity index (χ3v) is 3.22. The van der Waals surface area contributed by atoms with E-state index in [9.17, 15) is 14.7 Å². The van der Waals surface area contributed by atoms with E-state index in [4.69, 9.17) is 0 Å². The summed E-state index contributed by atoms with van der Waals surface area (Å²) in [5.41, 5.74) is -0.718. The molecule has 0 amide bonds. The fourth-order valence-corrected chi connectivity index (χ4v) is 2.24. The molecule has 0 spiro atoms. The van der Waals surface area contributed by atoms with Crippen molar-refractivity contribution in [2.75, 3.05) is 0 Å². The summed E-state index contributed by atoms with van der Waals surface area (Å²) in [6.45, 7) is 1.75. The number of rotatable bonds is 0. The van der Waals surface area contributed by atoms with E-state index in [1.165, 1.54) is 0 Å². The average Bonchev–Trinajstić information content (AvgIpc) is 2.15. The van der Waals surface area contributed by atoms with Gasteiger partial charge in [-0.3, -0.25) is 9.59 Å². The molecular weight excluding hydrogens is 180 g/mol. The molecule has 2 aliphatic carbocycles. The van der Waals surface area contributed by atoms with Crippen LogP contribution in [0.2, 0.25) is 0 Å². The van der Waals surface area contributed by atoms with Crippen molar-refractivity contribution in [3.63, 3.8) is 0 Å². The van der Waals surface area contributed by atoms with Crippen molar-refractivity contribution in [1.82, 2.24) is 0 Å². The van der Waals surface area contributed by atoms with E-state index in [1.54, 1.807) is 6.92 Å². The van der Waals surface area contributed by atoms with Crippen LogP contribution in [0.3, 0.4) is 0 Å². The Morgan fingerprint density at radius 1 is 1.43 bits per heavy atom. The number of ketones is 2. The number of carbonyl (C=O) groups excluding carboxylic acids is 2. The van der Waals surface area contributed by atoms with Crippen molar-refractivity contribution >= 4 is 11.6 Å².